The Morgan fingerprint density at radius 2 is 1.96 bits per heavy atom. The maximum Gasteiger partial charge on any atom is 0.190 e. The topological polar surface area (TPSA) is 39.7 Å². The van der Waals surface area contributed by atoms with Gasteiger partial charge in [0.25, 0.3) is 0 Å². The van der Waals surface area contributed by atoms with Crippen molar-refractivity contribution in [2.75, 3.05) is 39.8 Å². The molecule has 2 atom stereocenters. The molecule has 1 fully saturated rings. The highest BCUT2D eigenvalue weighted by Crippen LogP contribution is 2.20. The van der Waals surface area contributed by atoms with Crippen molar-refractivity contribution in [2.45, 2.75) is 33.1 Å². The van der Waals surface area contributed by atoms with Crippen LogP contribution in [0.15, 0.2) is 22.5 Å². The van der Waals surface area contributed by atoms with Gasteiger partial charge in [-0.05, 0) is 49.1 Å². The molecule has 0 radical (unpaired) electrons. The number of hydrogen-bond acceptors (Lipinski definition) is 3. The zero-order valence-corrected chi connectivity index (χ0v) is 18.4. The largest absolute Gasteiger partial charge is 0.356 e. The highest BCUT2D eigenvalue weighted by Gasteiger charge is 2.20. The van der Waals surface area contributed by atoms with Crippen LogP contribution in [-0.4, -0.2) is 50.6 Å². The van der Waals surface area contributed by atoms with E-state index >= 15 is 0 Å². The van der Waals surface area contributed by atoms with Crippen LogP contribution < -0.4 is 10.6 Å². The molecular formula is C18H33IN4S. The molecule has 1 aromatic rings. The Hall–Kier alpha value is -0.340. The minimum atomic E-state index is 0. The van der Waals surface area contributed by atoms with E-state index in [1.807, 2.05) is 18.4 Å². The Bertz CT molecular complexity index is 454. The van der Waals surface area contributed by atoms with Crippen molar-refractivity contribution in [3.63, 3.8) is 0 Å². The number of nitrogens with zero attached hydrogens (tertiary/aromatic N) is 2. The minimum absolute atomic E-state index is 0. The van der Waals surface area contributed by atoms with Gasteiger partial charge in [0.2, 0.25) is 0 Å². The highest BCUT2D eigenvalue weighted by molar-refractivity contribution is 14.0. The molecule has 0 bridgehead atoms. The van der Waals surface area contributed by atoms with Crippen molar-refractivity contribution in [3.8, 4) is 0 Å². The van der Waals surface area contributed by atoms with Crippen molar-refractivity contribution < 1.29 is 0 Å². The van der Waals surface area contributed by atoms with Crippen LogP contribution in [0.3, 0.4) is 0 Å². The molecule has 1 aliphatic heterocycles. The molecule has 2 N–H and O–H groups in total. The average Bonchev–Trinajstić information content (AvgIpc) is 3.02. The Morgan fingerprint density at radius 3 is 2.58 bits per heavy atom. The monoisotopic (exact) mass is 464 g/mol. The van der Waals surface area contributed by atoms with Crippen LogP contribution in [0.1, 0.15) is 31.6 Å². The maximum absolute atomic E-state index is 4.30. The third-order valence-electron chi connectivity index (χ3n) is 4.36. The second-order valence-electron chi connectivity index (χ2n) is 6.81. The van der Waals surface area contributed by atoms with E-state index in [2.05, 4.69) is 51.9 Å². The Kier molecular flexibility index (Phi) is 10.9. The van der Waals surface area contributed by atoms with Gasteiger partial charge in [0, 0.05) is 38.1 Å². The lowest BCUT2D eigenvalue weighted by atomic mass is 9.92. The first-order chi connectivity index (χ1) is 11.2. The van der Waals surface area contributed by atoms with Crippen LogP contribution >= 0.6 is 35.3 Å². The van der Waals surface area contributed by atoms with Gasteiger partial charge in [-0.15, -0.1) is 35.3 Å². The Balaban J connectivity index is 0.00000288. The first kappa shape index (κ1) is 21.7. The molecule has 0 aliphatic carbocycles. The predicted octanol–water partition coefficient (Wildman–Crippen LogP) is 3.44. The van der Waals surface area contributed by atoms with E-state index in [1.54, 1.807) is 0 Å². The highest BCUT2D eigenvalue weighted by atomic mass is 127. The number of thiophene rings is 1. The van der Waals surface area contributed by atoms with Crippen LogP contribution in [0.4, 0.5) is 0 Å². The SMILES string of the molecule is CN=C(NCCCN1CC(C)CC(C)C1)NCCc1cccs1.I. The molecule has 4 nitrogen and oxygen atoms in total. The van der Waals surface area contributed by atoms with Crippen molar-refractivity contribution in [1.29, 1.82) is 0 Å². The standard InChI is InChI=1S/C18H32N4S.HI/c1-15-12-16(2)14-22(13-15)10-5-8-20-18(19-3)21-9-7-17-6-4-11-23-17;/h4,6,11,15-16H,5,7-10,12-14H2,1-3H3,(H2,19,20,21);1H. The third kappa shape index (κ3) is 8.16. The molecule has 1 saturated heterocycles. The molecule has 24 heavy (non-hydrogen) atoms. The fourth-order valence-electron chi connectivity index (χ4n) is 3.46. The summed E-state index contributed by atoms with van der Waals surface area (Å²) in [6.45, 7) is 10.4. The molecule has 0 spiro atoms. The van der Waals surface area contributed by atoms with Gasteiger partial charge in [0.1, 0.15) is 0 Å². The van der Waals surface area contributed by atoms with Crippen LogP contribution in [0, 0.1) is 11.8 Å². The van der Waals surface area contributed by atoms with Gasteiger partial charge < -0.3 is 15.5 Å². The number of halogens is 1. The van der Waals surface area contributed by atoms with E-state index in [0.29, 0.717) is 0 Å². The lowest BCUT2D eigenvalue weighted by Crippen LogP contribution is -2.42. The molecule has 2 rings (SSSR count). The van der Waals surface area contributed by atoms with Gasteiger partial charge in [-0.3, -0.25) is 4.99 Å². The van der Waals surface area contributed by atoms with Crippen molar-refractivity contribution in [2.24, 2.45) is 16.8 Å². The molecule has 2 heterocycles. The maximum atomic E-state index is 4.30. The number of nitrogens with one attached hydrogen (secondary N) is 2. The quantitative estimate of drug-likeness (QED) is 0.281. The molecule has 0 saturated carbocycles. The smallest absolute Gasteiger partial charge is 0.190 e. The number of rotatable bonds is 7. The molecular weight excluding hydrogens is 431 g/mol. The molecule has 1 aliphatic rings. The average molecular weight is 464 g/mol. The summed E-state index contributed by atoms with van der Waals surface area (Å²) in [6, 6.07) is 4.29. The molecule has 138 valence electrons. The number of likely N-dealkylation sites (tertiary alicyclic amines) is 1. The fourth-order valence-corrected chi connectivity index (χ4v) is 4.17. The second-order valence-corrected chi connectivity index (χ2v) is 7.85. The van der Waals surface area contributed by atoms with E-state index < -0.39 is 0 Å². The number of hydrogen-bond donors (Lipinski definition) is 2. The van der Waals surface area contributed by atoms with Gasteiger partial charge in [-0.2, -0.15) is 0 Å². The van der Waals surface area contributed by atoms with Crippen molar-refractivity contribution in [1.82, 2.24) is 15.5 Å². The second kappa shape index (κ2) is 12.1. The minimum Gasteiger partial charge on any atom is -0.356 e. The normalized spacial score (nSPS) is 22.0. The zero-order valence-electron chi connectivity index (χ0n) is 15.3. The summed E-state index contributed by atoms with van der Waals surface area (Å²) in [5.41, 5.74) is 0. The molecule has 0 aromatic carbocycles. The summed E-state index contributed by atoms with van der Waals surface area (Å²) < 4.78 is 0. The van der Waals surface area contributed by atoms with E-state index in [1.165, 1.54) is 37.4 Å². The third-order valence-corrected chi connectivity index (χ3v) is 5.29. The molecule has 1 aromatic heterocycles. The van der Waals surface area contributed by atoms with E-state index in [4.69, 9.17) is 0 Å². The number of aliphatic imine (C=N–C) groups is 1. The molecule has 0 amide bonds. The van der Waals surface area contributed by atoms with Crippen LogP contribution in [0.25, 0.3) is 0 Å². The number of guanidine groups is 1. The zero-order chi connectivity index (χ0) is 16.5. The van der Waals surface area contributed by atoms with E-state index in [9.17, 15) is 0 Å². The predicted molar refractivity (Wildman–Crippen MR) is 117 cm³/mol. The van der Waals surface area contributed by atoms with E-state index in [-0.39, 0.29) is 24.0 Å². The van der Waals surface area contributed by atoms with Crippen LogP contribution in [0.2, 0.25) is 0 Å². The van der Waals surface area contributed by atoms with Gasteiger partial charge in [0.15, 0.2) is 5.96 Å². The molecule has 6 heteroatoms. The van der Waals surface area contributed by atoms with Crippen LogP contribution in [-0.2, 0) is 6.42 Å². The lowest BCUT2D eigenvalue weighted by molar-refractivity contribution is 0.140. The Labute approximate surface area is 168 Å². The van der Waals surface area contributed by atoms with Gasteiger partial charge >= 0.3 is 0 Å². The summed E-state index contributed by atoms with van der Waals surface area (Å²) in [5.74, 6) is 2.61. The lowest BCUT2D eigenvalue weighted by Gasteiger charge is -2.35. The Morgan fingerprint density at radius 1 is 1.25 bits per heavy atom. The summed E-state index contributed by atoms with van der Waals surface area (Å²) >= 11 is 1.81. The first-order valence-corrected chi connectivity index (χ1v) is 9.74. The summed E-state index contributed by atoms with van der Waals surface area (Å²) in [5, 5.41) is 8.95. The van der Waals surface area contributed by atoms with Crippen LogP contribution in [0.5, 0.6) is 0 Å². The summed E-state index contributed by atoms with van der Waals surface area (Å²) in [7, 11) is 1.84. The van der Waals surface area contributed by atoms with Gasteiger partial charge in [0.05, 0.1) is 0 Å². The fraction of sp³-hybridized carbons (Fsp3) is 0.722. The first-order valence-electron chi connectivity index (χ1n) is 8.86. The van der Waals surface area contributed by atoms with Gasteiger partial charge in [-0.1, -0.05) is 19.9 Å². The van der Waals surface area contributed by atoms with Crippen molar-refractivity contribution in [3.05, 3.63) is 22.4 Å². The van der Waals surface area contributed by atoms with Crippen molar-refractivity contribution >= 4 is 41.3 Å². The number of piperidine rings is 1. The van der Waals surface area contributed by atoms with Gasteiger partial charge in [-0.25, -0.2) is 0 Å². The summed E-state index contributed by atoms with van der Waals surface area (Å²) in [6.07, 6.45) is 3.61. The molecule has 2 unspecified atom stereocenters. The van der Waals surface area contributed by atoms with E-state index in [0.717, 1.165) is 37.3 Å². The summed E-state index contributed by atoms with van der Waals surface area (Å²) in [4.78, 5) is 8.34.